The fraction of sp³-hybridized carbons (Fsp3) is 0.286. The molecule has 4 nitrogen and oxygen atoms in total. The zero-order valence-electron chi connectivity index (χ0n) is 11.1. The average molecular weight is 309 g/mol. The Labute approximate surface area is 124 Å². The molecule has 1 aliphatic heterocycles. The quantitative estimate of drug-likeness (QED) is 0.467. The van der Waals surface area contributed by atoms with Crippen LogP contribution in [0.15, 0.2) is 42.3 Å². The van der Waals surface area contributed by atoms with Crippen LogP contribution in [0.5, 0.6) is 0 Å². The van der Waals surface area contributed by atoms with E-state index in [1.807, 2.05) is 0 Å². The Hall–Kier alpha value is -1.73. The third-order valence-corrected chi connectivity index (χ3v) is 4.21. The van der Waals surface area contributed by atoms with Crippen LogP contribution in [-0.2, 0) is 16.9 Å². The van der Waals surface area contributed by atoms with Gasteiger partial charge >= 0.3 is 0 Å². The van der Waals surface area contributed by atoms with Gasteiger partial charge in [0.1, 0.15) is 23.6 Å². The summed E-state index contributed by atoms with van der Waals surface area (Å²) in [7, 11) is 0. The van der Waals surface area contributed by atoms with Crippen molar-refractivity contribution in [3.63, 3.8) is 0 Å². The lowest BCUT2D eigenvalue weighted by atomic mass is 9.99. The van der Waals surface area contributed by atoms with Crippen LogP contribution in [0.4, 0.5) is 8.78 Å². The Balaban J connectivity index is 1.84. The highest BCUT2D eigenvalue weighted by Crippen LogP contribution is 2.42. The number of aromatic nitrogens is 3. The van der Waals surface area contributed by atoms with Crippen LogP contribution in [0.25, 0.3) is 0 Å². The highest BCUT2D eigenvalue weighted by Gasteiger charge is 2.49. The van der Waals surface area contributed by atoms with Crippen LogP contribution in [0, 0.1) is 11.6 Å². The molecule has 1 fully saturated rings. The molecule has 1 aromatic carbocycles. The van der Waals surface area contributed by atoms with Crippen molar-refractivity contribution in [3.05, 3.63) is 54.4 Å². The molecule has 2 aromatic rings. The van der Waals surface area contributed by atoms with Crippen molar-refractivity contribution < 1.29 is 13.5 Å². The molecule has 3 rings (SSSR count). The molecule has 0 amide bonds. The molecule has 1 aliphatic rings. The summed E-state index contributed by atoms with van der Waals surface area (Å²) in [6.07, 6.45) is 3.22. The lowest BCUT2D eigenvalue weighted by Gasteiger charge is -2.14. The van der Waals surface area contributed by atoms with E-state index in [-0.39, 0.29) is 0 Å². The highest BCUT2D eigenvalue weighted by atomic mass is 32.2. The van der Waals surface area contributed by atoms with Gasteiger partial charge in [0.2, 0.25) is 0 Å². The summed E-state index contributed by atoms with van der Waals surface area (Å²) in [6.45, 7) is 4.37. The van der Waals surface area contributed by atoms with Gasteiger partial charge in [0.25, 0.3) is 0 Å². The van der Waals surface area contributed by atoms with E-state index < -0.39 is 17.2 Å². The third kappa shape index (κ3) is 2.84. The smallest absolute Gasteiger partial charge is 0.186 e. The minimum atomic E-state index is -0.783. The van der Waals surface area contributed by atoms with E-state index >= 15 is 0 Å². The molecule has 0 unspecified atom stereocenters. The van der Waals surface area contributed by atoms with E-state index in [2.05, 4.69) is 16.7 Å². The van der Waals surface area contributed by atoms with Gasteiger partial charge in [-0.2, -0.15) is 5.10 Å². The number of halogens is 2. The predicted molar refractivity (Wildman–Crippen MR) is 74.9 cm³/mol. The van der Waals surface area contributed by atoms with Crippen molar-refractivity contribution in [1.29, 1.82) is 0 Å². The predicted octanol–water partition coefficient (Wildman–Crippen LogP) is 2.76. The van der Waals surface area contributed by atoms with Gasteiger partial charge in [-0.1, -0.05) is 23.9 Å². The lowest BCUT2D eigenvalue weighted by molar-refractivity contribution is 0.255. The van der Waals surface area contributed by atoms with Crippen molar-refractivity contribution in [2.45, 2.75) is 17.3 Å². The second-order valence-electron chi connectivity index (χ2n) is 4.71. The van der Waals surface area contributed by atoms with Gasteiger partial charge in [-0.3, -0.25) is 0 Å². The molecule has 0 spiro atoms. The summed E-state index contributed by atoms with van der Waals surface area (Å²) >= 11 is 1.49. The molecule has 7 heteroatoms. The molecule has 0 radical (unpaired) electrons. The van der Waals surface area contributed by atoms with Gasteiger partial charge < -0.3 is 4.74 Å². The van der Waals surface area contributed by atoms with Crippen molar-refractivity contribution in [3.8, 4) is 0 Å². The summed E-state index contributed by atoms with van der Waals surface area (Å²) in [6, 6.07) is 3.52. The van der Waals surface area contributed by atoms with Gasteiger partial charge in [-0.05, 0) is 6.07 Å². The summed E-state index contributed by atoms with van der Waals surface area (Å²) in [5, 5.41) is 4.86. The van der Waals surface area contributed by atoms with Gasteiger partial charge in [-0.15, -0.1) is 6.58 Å². The van der Waals surface area contributed by atoms with Crippen LogP contribution in [0.1, 0.15) is 5.56 Å². The third-order valence-electron chi connectivity index (χ3n) is 3.23. The molecule has 1 saturated heterocycles. The molecule has 0 N–H and O–H groups in total. The maximum Gasteiger partial charge on any atom is 0.186 e. The van der Waals surface area contributed by atoms with Gasteiger partial charge in [-0.25, -0.2) is 18.4 Å². The van der Waals surface area contributed by atoms with Gasteiger partial charge in [0.05, 0.1) is 13.2 Å². The van der Waals surface area contributed by atoms with E-state index in [4.69, 9.17) is 4.74 Å². The zero-order valence-corrected chi connectivity index (χ0v) is 11.9. The maximum absolute atomic E-state index is 13.9. The minimum Gasteiger partial charge on any atom is -0.362 e. The Bertz CT molecular complexity index is 670. The van der Waals surface area contributed by atoms with Crippen molar-refractivity contribution in [2.24, 2.45) is 0 Å². The summed E-state index contributed by atoms with van der Waals surface area (Å²) in [5.41, 5.74) is -0.436. The van der Waals surface area contributed by atoms with Gasteiger partial charge in [0.15, 0.2) is 5.16 Å². The first-order valence-electron chi connectivity index (χ1n) is 6.36. The summed E-state index contributed by atoms with van der Waals surface area (Å²) < 4.78 is 34.1. The van der Waals surface area contributed by atoms with Gasteiger partial charge in [0, 0.05) is 17.4 Å². The fourth-order valence-electron chi connectivity index (χ4n) is 2.13. The largest absolute Gasteiger partial charge is 0.362 e. The molecule has 21 heavy (non-hydrogen) atoms. The second-order valence-corrected chi connectivity index (χ2v) is 5.69. The Kier molecular flexibility index (Phi) is 3.77. The van der Waals surface area contributed by atoms with Crippen LogP contribution in [-0.4, -0.2) is 27.1 Å². The normalized spacial score (nSPS) is 20.5. The number of ether oxygens (including phenoxy) is 1. The van der Waals surface area contributed by atoms with Crippen LogP contribution < -0.4 is 0 Å². The average Bonchev–Trinajstić information content (AvgIpc) is 3.09. The monoisotopic (exact) mass is 309 g/mol. The fourth-order valence-corrected chi connectivity index (χ4v) is 2.78. The van der Waals surface area contributed by atoms with E-state index in [1.165, 1.54) is 30.2 Å². The number of hydrogen-bond donors (Lipinski definition) is 0. The lowest BCUT2D eigenvalue weighted by Crippen LogP contribution is -2.21. The van der Waals surface area contributed by atoms with E-state index in [0.29, 0.717) is 29.6 Å². The van der Waals surface area contributed by atoms with Crippen LogP contribution in [0.3, 0.4) is 0 Å². The summed E-state index contributed by atoms with van der Waals surface area (Å²) in [4.78, 5) is 4.15. The van der Waals surface area contributed by atoms with Crippen molar-refractivity contribution in [1.82, 2.24) is 14.8 Å². The standard InChI is InChI=1S/C14H13F2N3OS/c1-2-5-21-13-17-9-18-19(13)7-14(8-20-14)11-4-3-10(15)6-12(11)16/h2-4,6,9H,1,5,7-8H2/t14-/m0/s1. The van der Waals surface area contributed by atoms with E-state index in [9.17, 15) is 8.78 Å². The molecule has 0 saturated carbocycles. The molecular weight excluding hydrogens is 296 g/mol. The first kappa shape index (κ1) is 14.2. The number of rotatable bonds is 6. The van der Waals surface area contributed by atoms with Crippen molar-refractivity contribution >= 4 is 11.8 Å². The van der Waals surface area contributed by atoms with Crippen LogP contribution in [0.2, 0.25) is 0 Å². The molecular formula is C14H13F2N3OS. The molecule has 1 aromatic heterocycles. The Morgan fingerprint density at radius 1 is 1.48 bits per heavy atom. The number of nitrogens with zero attached hydrogens (tertiary/aromatic N) is 3. The molecule has 0 bridgehead atoms. The number of thioether (sulfide) groups is 1. The maximum atomic E-state index is 13.9. The molecule has 1 atom stereocenters. The molecule has 0 aliphatic carbocycles. The number of hydrogen-bond acceptors (Lipinski definition) is 4. The first-order valence-corrected chi connectivity index (χ1v) is 7.34. The number of benzene rings is 1. The van der Waals surface area contributed by atoms with E-state index in [0.717, 1.165) is 6.07 Å². The minimum absolute atomic E-state index is 0.342. The first-order chi connectivity index (χ1) is 10.1. The zero-order chi connectivity index (χ0) is 14.9. The highest BCUT2D eigenvalue weighted by molar-refractivity contribution is 7.99. The number of epoxide rings is 1. The Morgan fingerprint density at radius 3 is 2.95 bits per heavy atom. The second kappa shape index (κ2) is 5.57. The summed E-state index contributed by atoms with van der Waals surface area (Å²) in [5.74, 6) is -0.500. The topological polar surface area (TPSA) is 43.2 Å². The van der Waals surface area contributed by atoms with E-state index in [1.54, 1.807) is 10.8 Å². The molecule has 110 valence electrons. The SMILES string of the molecule is C=CCSc1ncnn1C[C@@]1(c2ccc(F)cc2F)CO1. The van der Waals surface area contributed by atoms with Crippen molar-refractivity contribution in [2.75, 3.05) is 12.4 Å². The molecule has 2 heterocycles. The van der Waals surface area contributed by atoms with Crippen LogP contribution >= 0.6 is 11.8 Å². The Morgan fingerprint density at radius 2 is 2.29 bits per heavy atom.